The molecule has 3 heterocycles. The molecule has 8 heteroatoms. The van der Waals surface area contributed by atoms with E-state index in [-0.39, 0.29) is 5.91 Å². The number of carbonyl (C=O) groups is 1. The quantitative estimate of drug-likeness (QED) is 0.644. The van der Waals surface area contributed by atoms with E-state index in [0.29, 0.717) is 25.4 Å². The zero-order chi connectivity index (χ0) is 20.2. The highest BCUT2D eigenvalue weighted by Gasteiger charge is 2.24. The Morgan fingerprint density at radius 3 is 2.41 bits per heavy atom. The maximum Gasteiger partial charge on any atom is 0.273 e. The van der Waals surface area contributed by atoms with E-state index >= 15 is 0 Å². The second-order valence-corrected chi connectivity index (χ2v) is 7.83. The Bertz CT molecular complexity index is 963. The second kappa shape index (κ2) is 8.57. The molecular formula is C21H23N5O2S. The number of benzene rings is 1. The van der Waals surface area contributed by atoms with Gasteiger partial charge in [0.25, 0.3) is 5.91 Å². The van der Waals surface area contributed by atoms with E-state index in [9.17, 15) is 4.79 Å². The smallest absolute Gasteiger partial charge is 0.273 e. The average molecular weight is 410 g/mol. The van der Waals surface area contributed by atoms with Crippen molar-refractivity contribution in [1.82, 2.24) is 20.1 Å². The molecule has 4 rings (SSSR count). The molecule has 0 radical (unpaired) electrons. The van der Waals surface area contributed by atoms with Crippen molar-refractivity contribution in [1.29, 1.82) is 0 Å². The van der Waals surface area contributed by atoms with E-state index < -0.39 is 0 Å². The van der Waals surface area contributed by atoms with E-state index in [4.69, 9.17) is 4.74 Å². The molecule has 3 aromatic rings. The molecule has 0 aliphatic carbocycles. The van der Waals surface area contributed by atoms with Gasteiger partial charge < -0.3 is 14.5 Å². The zero-order valence-corrected chi connectivity index (χ0v) is 17.4. The first-order valence-electron chi connectivity index (χ1n) is 9.67. The molecule has 1 aliphatic rings. The molecule has 0 saturated carbocycles. The molecule has 0 spiro atoms. The van der Waals surface area contributed by atoms with Crippen molar-refractivity contribution in [3.05, 3.63) is 52.5 Å². The van der Waals surface area contributed by atoms with Crippen LogP contribution in [0.5, 0.6) is 5.75 Å². The van der Waals surface area contributed by atoms with Crippen LogP contribution in [0.3, 0.4) is 0 Å². The molecule has 0 N–H and O–H groups in total. The van der Waals surface area contributed by atoms with Crippen LogP contribution in [0, 0.1) is 6.92 Å². The fourth-order valence-corrected chi connectivity index (χ4v) is 3.89. The van der Waals surface area contributed by atoms with Gasteiger partial charge in [-0.1, -0.05) is 0 Å². The number of hydrogen-bond acceptors (Lipinski definition) is 7. The van der Waals surface area contributed by atoms with Crippen LogP contribution >= 0.6 is 11.3 Å². The number of thiazole rings is 1. The van der Waals surface area contributed by atoms with Crippen LogP contribution in [0.4, 0.5) is 5.82 Å². The van der Waals surface area contributed by atoms with Gasteiger partial charge in [-0.3, -0.25) is 4.79 Å². The van der Waals surface area contributed by atoms with Crippen LogP contribution in [0.15, 0.2) is 41.8 Å². The van der Waals surface area contributed by atoms with Crippen molar-refractivity contribution in [2.45, 2.75) is 13.8 Å². The topological polar surface area (TPSA) is 71.5 Å². The molecule has 29 heavy (non-hydrogen) atoms. The van der Waals surface area contributed by atoms with Crippen LogP contribution in [-0.4, -0.2) is 58.8 Å². The van der Waals surface area contributed by atoms with Crippen molar-refractivity contribution in [3.8, 4) is 17.0 Å². The molecule has 2 aromatic heterocycles. The second-order valence-electron chi connectivity index (χ2n) is 6.77. The van der Waals surface area contributed by atoms with Crippen molar-refractivity contribution in [2.24, 2.45) is 0 Å². The number of piperazine rings is 1. The summed E-state index contributed by atoms with van der Waals surface area (Å²) < 4.78 is 5.48. The molecule has 0 bridgehead atoms. The third-order valence-corrected chi connectivity index (χ3v) is 5.61. The molecule has 1 aliphatic heterocycles. The Morgan fingerprint density at radius 1 is 1.07 bits per heavy atom. The largest absolute Gasteiger partial charge is 0.494 e. The summed E-state index contributed by atoms with van der Waals surface area (Å²) in [5.74, 6) is 1.68. The van der Waals surface area contributed by atoms with Crippen molar-refractivity contribution in [2.75, 3.05) is 37.7 Å². The first kappa shape index (κ1) is 19.3. The van der Waals surface area contributed by atoms with Gasteiger partial charge in [0.05, 0.1) is 17.3 Å². The minimum Gasteiger partial charge on any atom is -0.494 e. The number of amides is 1. The van der Waals surface area contributed by atoms with Gasteiger partial charge in [0.15, 0.2) is 5.82 Å². The maximum atomic E-state index is 12.5. The highest BCUT2D eigenvalue weighted by atomic mass is 32.1. The summed E-state index contributed by atoms with van der Waals surface area (Å²) in [6.45, 7) is 7.28. The number of hydrogen-bond donors (Lipinski definition) is 0. The molecule has 150 valence electrons. The summed E-state index contributed by atoms with van der Waals surface area (Å²) in [6, 6.07) is 11.8. The number of nitrogens with zero attached hydrogens (tertiary/aromatic N) is 5. The van der Waals surface area contributed by atoms with Crippen molar-refractivity contribution in [3.63, 3.8) is 0 Å². The third kappa shape index (κ3) is 4.37. The summed E-state index contributed by atoms with van der Waals surface area (Å²) in [4.78, 5) is 20.8. The highest BCUT2D eigenvalue weighted by molar-refractivity contribution is 7.09. The summed E-state index contributed by atoms with van der Waals surface area (Å²) in [5.41, 5.74) is 2.37. The molecule has 1 amide bonds. The summed E-state index contributed by atoms with van der Waals surface area (Å²) in [6.07, 6.45) is 0. The zero-order valence-electron chi connectivity index (χ0n) is 16.5. The first-order valence-corrected chi connectivity index (χ1v) is 10.6. The lowest BCUT2D eigenvalue weighted by Gasteiger charge is -2.34. The van der Waals surface area contributed by atoms with E-state index in [1.54, 1.807) is 0 Å². The molecular weight excluding hydrogens is 386 g/mol. The predicted molar refractivity (Wildman–Crippen MR) is 114 cm³/mol. The molecule has 1 saturated heterocycles. The lowest BCUT2D eigenvalue weighted by atomic mass is 10.1. The summed E-state index contributed by atoms with van der Waals surface area (Å²) >= 11 is 1.50. The summed E-state index contributed by atoms with van der Waals surface area (Å²) in [7, 11) is 0. The van der Waals surface area contributed by atoms with Crippen LogP contribution in [0.1, 0.15) is 22.4 Å². The Hall–Kier alpha value is -3.00. The minimum atomic E-state index is 0.00549. The Kier molecular flexibility index (Phi) is 5.71. The maximum absolute atomic E-state index is 12.5. The van der Waals surface area contributed by atoms with Crippen LogP contribution in [0.2, 0.25) is 0 Å². The normalized spacial score (nSPS) is 14.1. The molecule has 7 nitrogen and oxygen atoms in total. The monoisotopic (exact) mass is 409 g/mol. The van der Waals surface area contributed by atoms with Gasteiger partial charge in [-0.15, -0.1) is 21.5 Å². The first-order chi connectivity index (χ1) is 14.1. The molecule has 0 atom stereocenters. The van der Waals surface area contributed by atoms with Crippen molar-refractivity contribution < 1.29 is 9.53 Å². The predicted octanol–water partition coefficient (Wildman–Crippen LogP) is 3.27. The lowest BCUT2D eigenvalue weighted by Crippen LogP contribution is -2.49. The average Bonchev–Trinajstić information content (AvgIpc) is 3.21. The van der Waals surface area contributed by atoms with Gasteiger partial charge in [-0.25, -0.2) is 4.98 Å². The van der Waals surface area contributed by atoms with Crippen LogP contribution < -0.4 is 9.64 Å². The van der Waals surface area contributed by atoms with Crippen molar-refractivity contribution >= 4 is 23.1 Å². The van der Waals surface area contributed by atoms with E-state index in [0.717, 1.165) is 40.9 Å². The van der Waals surface area contributed by atoms with E-state index in [1.165, 1.54) is 11.3 Å². The van der Waals surface area contributed by atoms with Gasteiger partial charge in [0, 0.05) is 37.1 Å². The third-order valence-electron chi connectivity index (χ3n) is 4.84. The molecule has 0 unspecified atom stereocenters. The van der Waals surface area contributed by atoms with Gasteiger partial charge in [0.1, 0.15) is 11.4 Å². The van der Waals surface area contributed by atoms with Crippen LogP contribution in [-0.2, 0) is 0 Å². The standard InChI is InChI=1S/C21H23N5O2S/c1-3-28-17-6-4-16(5-7-17)18-8-9-20(24-23-18)25-10-12-26(13-11-25)21(27)19-14-29-15(2)22-19/h4-9,14H,3,10-13H2,1-2H3. The van der Waals surface area contributed by atoms with E-state index in [2.05, 4.69) is 20.1 Å². The number of aromatic nitrogens is 3. The SMILES string of the molecule is CCOc1ccc(-c2ccc(N3CCN(C(=O)c4csc(C)n4)CC3)nn2)cc1. The fraction of sp³-hybridized carbons (Fsp3) is 0.333. The Balaban J connectivity index is 1.37. The van der Waals surface area contributed by atoms with Gasteiger partial charge in [0.2, 0.25) is 0 Å². The Morgan fingerprint density at radius 2 is 1.83 bits per heavy atom. The molecule has 1 fully saturated rings. The Labute approximate surface area is 174 Å². The number of carbonyl (C=O) groups excluding carboxylic acids is 1. The number of aryl methyl sites for hydroxylation is 1. The minimum absolute atomic E-state index is 0.00549. The van der Waals surface area contributed by atoms with E-state index in [1.807, 2.05) is 60.5 Å². The van der Waals surface area contributed by atoms with Gasteiger partial charge in [-0.05, 0) is 50.2 Å². The number of ether oxygens (including phenoxy) is 1. The van der Waals surface area contributed by atoms with Gasteiger partial charge >= 0.3 is 0 Å². The van der Waals surface area contributed by atoms with Crippen LogP contribution in [0.25, 0.3) is 11.3 Å². The summed E-state index contributed by atoms with van der Waals surface area (Å²) in [5, 5.41) is 11.5. The lowest BCUT2D eigenvalue weighted by molar-refractivity contribution is 0.0741. The fourth-order valence-electron chi connectivity index (χ4n) is 3.30. The number of anilines is 1. The number of rotatable bonds is 5. The molecule has 1 aromatic carbocycles. The van der Waals surface area contributed by atoms with Gasteiger partial charge in [-0.2, -0.15) is 0 Å². The highest BCUT2D eigenvalue weighted by Crippen LogP contribution is 2.22.